The Morgan fingerprint density at radius 3 is 1.25 bits per heavy atom. The third kappa shape index (κ3) is 18.2. The Kier molecular flexibility index (Phi) is 20.1. The SMILES string of the molecule is CC(C)CCCCCCCCCCOC(=O)C1CCCC(C(=O)OCCCCCCCCC(C)C)C1. The molecule has 0 bridgehead atoms. The Hall–Kier alpha value is -1.06. The summed E-state index contributed by atoms with van der Waals surface area (Å²) in [5, 5.41) is 0. The smallest absolute Gasteiger partial charge is 0.308 e. The highest BCUT2D eigenvalue weighted by molar-refractivity contribution is 5.76. The van der Waals surface area contributed by atoms with Crippen LogP contribution in [0.3, 0.4) is 0 Å². The van der Waals surface area contributed by atoms with Crippen molar-refractivity contribution in [2.75, 3.05) is 13.2 Å². The third-order valence-corrected chi connectivity index (χ3v) is 7.68. The molecule has 0 aromatic heterocycles. The molecule has 2 atom stereocenters. The predicted molar refractivity (Wildman–Crippen MR) is 151 cm³/mol. The van der Waals surface area contributed by atoms with Crippen molar-refractivity contribution < 1.29 is 19.1 Å². The number of esters is 2. The van der Waals surface area contributed by atoms with Gasteiger partial charge in [-0.05, 0) is 43.9 Å². The number of unbranched alkanes of at least 4 members (excludes halogenated alkanes) is 12. The van der Waals surface area contributed by atoms with Crippen molar-refractivity contribution in [1.29, 1.82) is 0 Å². The minimum absolute atomic E-state index is 0.102. The summed E-state index contributed by atoms with van der Waals surface area (Å²) >= 11 is 0. The summed E-state index contributed by atoms with van der Waals surface area (Å²) in [6, 6.07) is 0. The second-order valence-corrected chi connectivity index (χ2v) is 12.2. The first kappa shape index (κ1) is 33.0. The van der Waals surface area contributed by atoms with Crippen LogP contribution in [-0.2, 0) is 19.1 Å². The summed E-state index contributed by atoms with van der Waals surface area (Å²) in [6.07, 6.45) is 23.1. The molecule has 0 N–H and O–H groups in total. The minimum atomic E-state index is -0.132. The van der Waals surface area contributed by atoms with Crippen LogP contribution in [0.2, 0.25) is 0 Å². The molecule has 4 heteroatoms. The Balaban J connectivity index is 2.01. The molecule has 212 valence electrons. The molecule has 0 aromatic carbocycles. The van der Waals surface area contributed by atoms with Crippen LogP contribution in [0.1, 0.15) is 156 Å². The van der Waals surface area contributed by atoms with Crippen LogP contribution in [0.4, 0.5) is 0 Å². The molecule has 0 aromatic rings. The summed E-state index contributed by atoms with van der Waals surface area (Å²) < 4.78 is 11.1. The van der Waals surface area contributed by atoms with Gasteiger partial charge in [0.05, 0.1) is 25.0 Å². The second kappa shape index (κ2) is 22.0. The van der Waals surface area contributed by atoms with Gasteiger partial charge in [-0.3, -0.25) is 9.59 Å². The zero-order chi connectivity index (χ0) is 26.4. The molecular formula is C32H60O4. The lowest BCUT2D eigenvalue weighted by molar-refractivity contribution is -0.155. The number of carbonyl (C=O) groups is 2. The van der Waals surface area contributed by atoms with E-state index in [1.807, 2.05) is 0 Å². The van der Waals surface area contributed by atoms with Crippen molar-refractivity contribution >= 4 is 11.9 Å². The third-order valence-electron chi connectivity index (χ3n) is 7.68. The van der Waals surface area contributed by atoms with Gasteiger partial charge in [0.2, 0.25) is 0 Å². The van der Waals surface area contributed by atoms with Gasteiger partial charge < -0.3 is 9.47 Å². The molecule has 36 heavy (non-hydrogen) atoms. The standard InChI is InChI=1S/C32H60O4/c1-27(2)20-15-11-7-5-6-9-13-17-24-35-31(33)29-22-19-23-30(26-29)32(34)36-25-18-14-10-8-12-16-21-28(3)4/h27-30H,5-26H2,1-4H3. The van der Waals surface area contributed by atoms with Crippen LogP contribution in [0.25, 0.3) is 0 Å². The van der Waals surface area contributed by atoms with Gasteiger partial charge in [0.1, 0.15) is 0 Å². The number of rotatable bonds is 22. The van der Waals surface area contributed by atoms with E-state index in [0.717, 1.165) is 56.8 Å². The molecule has 1 aliphatic rings. The van der Waals surface area contributed by atoms with Gasteiger partial charge >= 0.3 is 11.9 Å². The zero-order valence-electron chi connectivity index (χ0n) is 24.5. The fraction of sp³-hybridized carbons (Fsp3) is 0.938. The Morgan fingerprint density at radius 2 is 0.889 bits per heavy atom. The highest BCUT2D eigenvalue weighted by Crippen LogP contribution is 2.31. The van der Waals surface area contributed by atoms with Crippen LogP contribution in [-0.4, -0.2) is 25.2 Å². The molecule has 0 amide bonds. The maximum Gasteiger partial charge on any atom is 0.308 e. The first-order valence-electron chi connectivity index (χ1n) is 15.7. The molecule has 1 aliphatic carbocycles. The van der Waals surface area contributed by atoms with Crippen LogP contribution in [0, 0.1) is 23.7 Å². The van der Waals surface area contributed by atoms with E-state index in [0.29, 0.717) is 19.6 Å². The van der Waals surface area contributed by atoms with E-state index in [1.54, 1.807) is 0 Å². The Labute approximate surface area is 224 Å². The van der Waals surface area contributed by atoms with E-state index >= 15 is 0 Å². The van der Waals surface area contributed by atoms with Gasteiger partial charge in [-0.15, -0.1) is 0 Å². The molecule has 0 aliphatic heterocycles. The van der Waals surface area contributed by atoms with Crippen molar-refractivity contribution in [2.45, 2.75) is 156 Å². The highest BCUT2D eigenvalue weighted by Gasteiger charge is 2.32. The van der Waals surface area contributed by atoms with Crippen molar-refractivity contribution in [3.8, 4) is 0 Å². The lowest BCUT2D eigenvalue weighted by Crippen LogP contribution is -2.30. The van der Waals surface area contributed by atoms with Gasteiger partial charge in [-0.1, -0.05) is 124 Å². The van der Waals surface area contributed by atoms with E-state index in [-0.39, 0.29) is 23.8 Å². The summed E-state index contributed by atoms with van der Waals surface area (Å²) in [6.45, 7) is 10.2. The molecule has 0 saturated heterocycles. The van der Waals surface area contributed by atoms with Crippen LogP contribution in [0.5, 0.6) is 0 Å². The molecule has 0 spiro atoms. The summed E-state index contributed by atoms with van der Waals surface area (Å²) in [7, 11) is 0. The topological polar surface area (TPSA) is 52.6 Å². The van der Waals surface area contributed by atoms with Crippen molar-refractivity contribution in [3.63, 3.8) is 0 Å². The largest absolute Gasteiger partial charge is 0.465 e. The first-order valence-corrected chi connectivity index (χ1v) is 15.7. The number of ether oxygens (including phenoxy) is 2. The molecule has 0 heterocycles. The minimum Gasteiger partial charge on any atom is -0.465 e. The van der Waals surface area contributed by atoms with Gasteiger partial charge in [0, 0.05) is 0 Å². The molecule has 1 fully saturated rings. The Bertz CT molecular complexity index is 542. The fourth-order valence-corrected chi connectivity index (χ4v) is 5.28. The summed E-state index contributed by atoms with van der Waals surface area (Å²) in [5.41, 5.74) is 0. The Morgan fingerprint density at radius 1 is 0.556 bits per heavy atom. The molecular weight excluding hydrogens is 448 g/mol. The maximum atomic E-state index is 12.5. The van der Waals surface area contributed by atoms with Gasteiger partial charge in [0.25, 0.3) is 0 Å². The lowest BCUT2D eigenvalue weighted by atomic mass is 9.81. The highest BCUT2D eigenvalue weighted by atomic mass is 16.5. The van der Waals surface area contributed by atoms with Crippen LogP contribution >= 0.6 is 0 Å². The van der Waals surface area contributed by atoms with Crippen molar-refractivity contribution in [2.24, 2.45) is 23.7 Å². The lowest BCUT2D eigenvalue weighted by Gasteiger charge is -2.26. The normalized spacial score (nSPS) is 18.1. The fourth-order valence-electron chi connectivity index (χ4n) is 5.28. The molecule has 4 nitrogen and oxygen atoms in total. The van der Waals surface area contributed by atoms with Gasteiger partial charge in [0.15, 0.2) is 0 Å². The first-order chi connectivity index (χ1) is 17.4. The molecule has 1 saturated carbocycles. The van der Waals surface area contributed by atoms with E-state index < -0.39 is 0 Å². The summed E-state index contributed by atoms with van der Waals surface area (Å²) in [5.74, 6) is 1.17. The number of carbonyl (C=O) groups excluding carboxylic acids is 2. The van der Waals surface area contributed by atoms with Crippen LogP contribution in [0.15, 0.2) is 0 Å². The van der Waals surface area contributed by atoms with E-state index in [1.165, 1.54) is 77.0 Å². The van der Waals surface area contributed by atoms with Crippen molar-refractivity contribution in [3.05, 3.63) is 0 Å². The predicted octanol–water partition coefficient (Wildman–Crippen LogP) is 9.43. The molecule has 0 radical (unpaired) electrons. The van der Waals surface area contributed by atoms with Crippen LogP contribution < -0.4 is 0 Å². The zero-order valence-corrected chi connectivity index (χ0v) is 24.5. The molecule has 1 rings (SSSR count). The summed E-state index contributed by atoms with van der Waals surface area (Å²) in [4.78, 5) is 25.0. The van der Waals surface area contributed by atoms with E-state index in [2.05, 4.69) is 27.7 Å². The van der Waals surface area contributed by atoms with E-state index in [9.17, 15) is 9.59 Å². The van der Waals surface area contributed by atoms with Gasteiger partial charge in [-0.25, -0.2) is 0 Å². The van der Waals surface area contributed by atoms with Gasteiger partial charge in [-0.2, -0.15) is 0 Å². The van der Waals surface area contributed by atoms with E-state index in [4.69, 9.17) is 9.47 Å². The number of hydrogen-bond donors (Lipinski definition) is 0. The van der Waals surface area contributed by atoms with Crippen molar-refractivity contribution in [1.82, 2.24) is 0 Å². The average molecular weight is 509 g/mol. The monoisotopic (exact) mass is 508 g/mol. The number of hydrogen-bond acceptors (Lipinski definition) is 4. The maximum absolute atomic E-state index is 12.5. The molecule has 2 unspecified atom stereocenters. The quantitative estimate of drug-likeness (QED) is 0.108. The average Bonchev–Trinajstić information content (AvgIpc) is 2.85. The second-order valence-electron chi connectivity index (χ2n) is 12.2.